The van der Waals surface area contributed by atoms with Crippen molar-refractivity contribution in [1.82, 2.24) is 9.88 Å². The first-order valence-corrected chi connectivity index (χ1v) is 10.6. The van der Waals surface area contributed by atoms with Crippen LogP contribution in [0.5, 0.6) is 11.5 Å². The summed E-state index contributed by atoms with van der Waals surface area (Å²) in [4.78, 5) is 20.8. The van der Waals surface area contributed by atoms with Gasteiger partial charge in [-0.15, -0.1) is 25.6 Å². The van der Waals surface area contributed by atoms with Gasteiger partial charge in [-0.25, -0.2) is 9.78 Å². The minimum absolute atomic E-state index is 0. The van der Waals surface area contributed by atoms with Crippen molar-refractivity contribution in [3.8, 4) is 11.5 Å². The molecule has 0 bridgehead atoms. The van der Waals surface area contributed by atoms with Crippen LogP contribution in [-0.4, -0.2) is 56.1 Å². The second-order valence-corrected chi connectivity index (χ2v) is 8.03. The number of nitrogens with one attached hydrogen (secondary N) is 1. The second kappa shape index (κ2) is 11.4. The number of alkyl halides is 3. The summed E-state index contributed by atoms with van der Waals surface area (Å²) in [6.07, 6.45) is -4.78. The normalized spacial score (nSPS) is 11.2. The molecule has 0 aliphatic rings. The van der Waals surface area contributed by atoms with Gasteiger partial charge >= 0.3 is 12.4 Å². The Labute approximate surface area is 199 Å². The van der Waals surface area contributed by atoms with Crippen LogP contribution in [0.3, 0.4) is 0 Å². The first kappa shape index (κ1) is 26.5. The summed E-state index contributed by atoms with van der Waals surface area (Å²) < 4.78 is 47.4. The van der Waals surface area contributed by atoms with Crippen LogP contribution in [0.15, 0.2) is 42.5 Å². The van der Waals surface area contributed by atoms with E-state index < -0.39 is 12.4 Å². The number of ether oxygens (including phenoxy) is 2. The number of anilines is 2. The lowest BCUT2D eigenvalue weighted by molar-refractivity contribution is -0.274. The van der Waals surface area contributed by atoms with Crippen molar-refractivity contribution in [2.75, 3.05) is 44.0 Å². The van der Waals surface area contributed by atoms with E-state index in [-0.39, 0.29) is 18.2 Å². The molecule has 0 spiro atoms. The maximum Gasteiger partial charge on any atom is 0.573 e. The van der Waals surface area contributed by atoms with Crippen LogP contribution in [0, 0.1) is 0 Å². The monoisotopic (exact) mass is 504 g/mol. The lowest BCUT2D eigenvalue weighted by atomic mass is 10.3. The molecule has 3 aromatic rings. The van der Waals surface area contributed by atoms with E-state index in [1.165, 1.54) is 23.1 Å². The van der Waals surface area contributed by atoms with E-state index in [1.807, 2.05) is 25.9 Å². The Balaban J connectivity index is 0.00000385. The summed E-state index contributed by atoms with van der Waals surface area (Å²) in [5.74, 6) is 0.358. The zero-order valence-corrected chi connectivity index (χ0v) is 19.8. The number of hydrogen-bond acceptors (Lipinski definition) is 6. The van der Waals surface area contributed by atoms with E-state index >= 15 is 0 Å². The quantitative estimate of drug-likeness (QED) is 0.431. The zero-order valence-electron chi connectivity index (χ0n) is 18.2. The Hall–Kier alpha value is -2.76. The molecule has 0 saturated heterocycles. The Morgan fingerprint density at radius 3 is 2.36 bits per heavy atom. The number of carbonyl (C=O) groups is 1. The van der Waals surface area contributed by atoms with Gasteiger partial charge in [-0.3, -0.25) is 4.90 Å². The largest absolute Gasteiger partial charge is 0.573 e. The molecule has 1 N–H and O–H groups in total. The zero-order chi connectivity index (χ0) is 23.3. The predicted molar refractivity (Wildman–Crippen MR) is 126 cm³/mol. The van der Waals surface area contributed by atoms with Crippen LogP contribution in [0.4, 0.5) is 28.8 Å². The number of amides is 2. The maximum atomic E-state index is 13.0. The number of nitrogens with zero attached hydrogens (tertiary/aromatic N) is 3. The lowest BCUT2D eigenvalue weighted by Gasteiger charge is -2.22. The smallest absolute Gasteiger partial charge is 0.494 e. The highest BCUT2D eigenvalue weighted by Gasteiger charge is 2.31. The first-order valence-electron chi connectivity index (χ1n) is 9.77. The number of fused-ring (bicyclic) bond motifs is 1. The molecule has 1 heterocycles. The molecule has 2 aromatic carbocycles. The van der Waals surface area contributed by atoms with Crippen LogP contribution >= 0.6 is 23.7 Å². The molecular formula is C21H24ClF3N4O3S. The molecule has 0 unspecified atom stereocenters. The SMILES string of the molecule is CCOc1ccc(NC(=O)N(CCN(C)C)c2nc3ccc(OC(F)(F)F)cc3s2)cc1.Cl. The lowest BCUT2D eigenvalue weighted by Crippen LogP contribution is -2.39. The van der Waals surface area contributed by atoms with Gasteiger partial charge in [0.1, 0.15) is 11.5 Å². The number of thiazole rings is 1. The Kier molecular flexibility index (Phi) is 9.15. The molecule has 7 nitrogen and oxygen atoms in total. The molecule has 3 rings (SSSR count). The van der Waals surface area contributed by atoms with E-state index in [9.17, 15) is 18.0 Å². The van der Waals surface area contributed by atoms with Crippen molar-refractivity contribution < 1.29 is 27.4 Å². The van der Waals surface area contributed by atoms with Crippen LogP contribution in [0.25, 0.3) is 10.2 Å². The number of rotatable bonds is 8. The summed E-state index contributed by atoms with van der Waals surface area (Å²) in [6.45, 7) is 3.32. The van der Waals surface area contributed by atoms with Crippen molar-refractivity contribution in [3.63, 3.8) is 0 Å². The highest BCUT2D eigenvalue weighted by Crippen LogP contribution is 2.33. The number of halogens is 4. The van der Waals surface area contributed by atoms with Crippen LogP contribution in [0.2, 0.25) is 0 Å². The fourth-order valence-corrected chi connectivity index (χ4v) is 3.80. The second-order valence-electron chi connectivity index (χ2n) is 7.02. The molecule has 0 saturated carbocycles. The van der Waals surface area contributed by atoms with Gasteiger partial charge in [0.25, 0.3) is 0 Å². The van der Waals surface area contributed by atoms with Gasteiger partial charge in [-0.2, -0.15) is 0 Å². The highest BCUT2D eigenvalue weighted by atomic mass is 35.5. The molecule has 1 aromatic heterocycles. The summed E-state index contributed by atoms with van der Waals surface area (Å²) in [5, 5.41) is 3.20. The standard InChI is InChI=1S/C21H23F3N4O3S.ClH/c1-4-30-15-7-5-14(6-8-15)25-19(29)28(12-11-27(2)3)20-26-17-10-9-16(13-18(17)32-20)31-21(22,23)24;/h5-10,13H,4,11-12H2,1-3H3,(H,25,29);1H. The summed E-state index contributed by atoms with van der Waals surface area (Å²) in [5.41, 5.74) is 1.05. The number of urea groups is 1. The molecule has 0 aliphatic heterocycles. The average molecular weight is 505 g/mol. The van der Waals surface area contributed by atoms with Gasteiger partial charge in [0.2, 0.25) is 0 Å². The average Bonchev–Trinajstić information content (AvgIpc) is 3.11. The van der Waals surface area contributed by atoms with Crippen LogP contribution < -0.4 is 19.7 Å². The number of hydrogen-bond donors (Lipinski definition) is 1. The van der Waals surface area contributed by atoms with Crippen molar-refractivity contribution >= 4 is 50.8 Å². The predicted octanol–water partition coefficient (Wildman–Crippen LogP) is 5.62. The Morgan fingerprint density at radius 2 is 1.76 bits per heavy atom. The summed E-state index contributed by atoms with van der Waals surface area (Å²) in [7, 11) is 3.75. The highest BCUT2D eigenvalue weighted by molar-refractivity contribution is 7.22. The molecular weight excluding hydrogens is 481 g/mol. The van der Waals surface area contributed by atoms with E-state index in [2.05, 4.69) is 15.0 Å². The third kappa shape index (κ3) is 7.65. The number of aromatic nitrogens is 1. The fraction of sp³-hybridized carbons (Fsp3) is 0.333. The van der Waals surface area contributed by atoms with Gasteiger partial charge in [0, 0.05) is 24.8 Å². The van der Waals surface area contributed by atoms with Crippen molar-refractivity contribution in [3.05, 3.63) is 42.5 Å². The maximum absolute atomic E-state index is 13.0. The number of carbonyl (C=O) groups excluding carboxylic acids is 1. The third-order valence-electron chi connectivity index (χ3n) is 4.25. The Morgan fingerprint density at radius 1 is 1.09 bits per heavy atom. The third-order valence-corrected chi connectivity index (χ3v) is 5.29. The van der Waals surface area contributed by atoms with Gasteiger partial charge in [-0.05, 0) is 57.4 Å². The topological polar surface area (TPSA) is 66.9 Å². The van der Waals surface area contributed by atoms with Gasteiger partial charge in [0.05, 0.1) is 16.8 Å². The number of benzene rings is 2. The molecule has 33 heavy (non-hydrogen) atoms. The van der Waals surface area contributed by atoms with Crippen molar-refractivity contribution in [1.29, 1.82) is 0 Å². The molecule has 0 fully saturated rings. The van der Waals surface area contributed by atoms with E-state index in [0.717, 1.165) is 11.3 Å². The van der Waals surface area contributed by atoms with E-state index in [0.29, 0.717) is 46.5 Å². The van der Waals surface area contributed by atoms with E-state index in [4.69, 9.17) is 4.74 Å². The fourth-order valence-electron chi connectivity index (χ4n) is 2.78. The van der Waals surface area contributed by atoms with Crippen molar-refractivity contribution in [2.24, 2.45) is 0 Å². The molecule has 2 amide bonds. The number of likely N-dealkylation sites (N-methyl/N-ethyl adjacent to an activating group) is 1. The van der Waals surface area contributed by atoms with Crippen LogP contribution in [-0.2, 0) is 0 Å². The molecule has 0 aliphatic carbocycles. The van der Waals surface area contributed by atoms with Gasteiger partial charge in [-0.1, -0.05) is 11.3 Å². The van der Waals surface area contributed by atoms with Gasteiger partial charge < -0.3 is 19.7 Å². The molecule has 12 heteroatoms. The minimum atomic E-state index is -4.78. The minimum Gasteiger partial charge on any atom is -0.494 e. The van der Waals surface area contributed by atoms with Gasteiger partial charge in [0.15, 0.2) is 5.13 Å². The molecule has 180 valence electrons. The Bertz CT molecular complexity index is 1060. The molecule has 0 atom stereocenters. The summed E-state index contributed by atoms with van der Waals surface area (Å²) >= 11 is 1.11. The van der Waals surface area contributed by atoms with Crippen molar-refractivity contribution in [2.45, 2.75) is 13.3 Å². The van der Waals surface area contributed by atoms with Crippen LogP contribution in [0.1, 0.15) is 6.92 Å². The summed E-state index contributed by atoms with van der Waals surface area (Å²) in [6, 6.07) is 10.5. The molecule has 0 radical (unpaired) electrons. The first-order chi connectivity index (χ1) is 15.1. The van der Waals surface area contributed by atoms with E-state index in [1.54, 1.807) is 24.3 Å².